The van der Waals surface area contributed by atoms with Crippen LogP contribution < -0.4 is 5.32 Å². The van der Waals surface area contributed by atoms with E-state index in [9.17, 15) is 5.11 Å². The molecule has 1 aliphatic heterocycles. The fourth-order valence-corrected chi connectivity index (χ4v) is 1.72. The van der Waals surface area contributed by atoms with E-state index in [0.29, 0.717) is 16.0 Å². The minimum atomic E-state index is 0.237. The van der Waals surface area contributed by atoms with Gasteiger partial charge in [-0.25, -0.2) is 0 Å². The molecule has 1 aromatic rings. The Morgan fingerprint density at radius 3 is 2.38 bits per heavy atom. The second kappa shape index (κ2) is 3.37. The second-order valence-electron chi connectivity index (χ2n) is 3.18. The number of nitrogens with one attached hydrogen (secondary N) is 1. The van der Waals surface area contributed by atoms with Gasteiger partial charge in [0.25, 0.3) is 0 Å². The van der Waals surface area contributed by atoms with E-state index in [1.807, 2.05) is 0 Å². The van der Waals surface area contributed by atoms with Gasteiger partial charge < -0.3 is 10.4 Å². The van der Waals surface area contributed by atoms with Crippen molar-refractivity contribution in [2.24, 2.45) is 0 Å². The van der Waals surface area contributed by atoms with Crippen LogP contribution in [0.5, 0.6) is 5.75 Å². The van der Waals surface area contributed by atoms with Gasteiger partial charge in [-0.3, -0.25) is 0 Å². The third-order valence-electron chi connectivity index (χ3n) is 2.29. The number of phenolic OH excluding ortho intramolecular Hbond substituents is 1. The first-order valence-corrected chi connectivity index (χ1v) is 4.82. The van der Waals surface area contributed by atoms with Crippen molar-refractivity contribution in [2.75, 3.05) is 13.1 Å². The highest BCUT2D eigenvalue weighted by molar-refractivity contribution is 6.42. The Bertz CT molecular complexity index is 337. The van der Waals surface area contributed by atoms with Gasteiger partial charge in [0.05, 0.1) is 10.0 Å². The standard InChI is InChI=1S/C9H9Cl2NO/c10-7-1-6(5-3-12-4-5)9(13)2-8(7)11/h1-2,5,12-13H,3-4H2. The molecule has 2 rings (SSSR count). The zero-order valence-electron chi connectivity index (χ0n) is 6.85. The molecule has 2 N–H and O–H groups in total. The molecule has 1 aromatic carbocycles. The maximum absolute atomic E-state index is 9.58. The Labute approximate surface area is 86.5 Å². The van der Waals surface area contributed by atoms with Crippen molar-refractivity contribution in [1.29, 1.82) is 0 Å². The van der Waals surface area contributed by atoms with E-state index in [0.717, 1.165) is 18.7 Å². The highest BCUT2D eigenvalue weighted by Gasteiger charge is 2.22. The van der Waals surface area contributed by atoms with Gasteiger partial charge in [0.1, 0.15) is 5.75 Å². The molecule has 0 spiro atoms. The molecule has 1 aliphatic rings. The van der Waals surface area contributed by atoms with E-state index in [-0.39, 0.29) is 5.75 Å². The van der Waals surface area contributed by atoms with E-state index in [2.05, 4.69) is 5.32 Å². The molecule has 1 saturated heterocycles. The summed E-state index contributed by atoms with van der Waals surface area (Å²) < 4.78 is 0. The lowest BCUT2D eigenvalue weighted by Crippen LogP contribution is -2.39. The molecule has 0 atom stereocenters. The average molecular weight is 218 g/mol. The van der Waals surface area contributed by atoms with Gasteiger partial charge in [-0.15, -0.1) is 0 Å². The van der Waals surface area contributed by atoms with Crippen LogP contribution in [0.3, 0.4) is 0 Å². The van der Waals surface area contributed by atoms with Crippen molar-refractivity contribution in [3.8, 4) is 5.75 Å². The highest BCUT2D eigenvalue weighted by atomic mass is 35.5. The molecular formula is C9H9Cl2NO. The topological polar surface area (TPSA) is 32.3 Å². The first-order chi connectivity index (χ1) is 6.18. The van der Waals surface area contributed by atoms with Crippen molar-refractivity contribution in [3.63, 3.8) is 0 Å². The van der Waals surface area contributed by atoms with Crippen molar-refractivity contribution in [1.82, 2.24) is 5.32 Å². The monoisotopic (exact) mass is 217 g/mol. The van der Waals surface area contributed by atoms with Gasteiger partial charge in [-0.1, -0.05) is 23.2 Å². The maximum atomic E-state index is 9.58. The summed E-state index contributed by atoms with van der Waals surface area (Å²) in [6.45, 7) is 1.79. The van der Waals surface area contributed by atoms with E-state index in [4.69, 9.17) is 23.2 Å². The lowest BCUT2D eigenvalue weighted by molar-refractivity contribution is 0.413. The van der Waals surface area contributed by atoms with Gasteiger partial charge in [0, 0.05) is 30.6 Å². The van der Waals surface area contributed by atoms with Crippen molar-refractivity contribution in [3.05, 3.63) is 27.7 Å². The average Bonchev–Trinajstić information content (AvgIpc) is 1.96. The normalized spacial score (nSPS) is 17.1. The predicted molar refractivity (Wildman–Crippen MR) is 53.7 cm³/mol. The minimum absolute atomic E-state index is 0.237. The summed E-state index contributed by atoms with van der Waals surface area (Å²) in [4.78, 5) is 0. The van der Waals surface area contributed by atoms with Gasteiger partial charge in [-0.05, 0) is 6.07 Å². The fourth-order valence-electron chi connectivity index (χ4n) is 1.39. The first kappa shape index (κ1) is 9.13. The van der Waals surface area contributed by atoms with E-state index in [1.54, 1.807) is 6.07 Å². The predicted octanol–water partition coefficient (Wildman–Crippen LogP) is 2.39. The third-order valence-corrected chi connectivity index (χ3v) is 3.01. The number of aromatic hydroxyl groups is 1. The molecule has 0 radical (unpaired) electrons. The van der Waals surface area contributed by atoms with Crippen LogP contribution >= 0.6 is 23.2 Å². The molecule has 0 saturated carbocycles. The molecule has 13 heavy (non-hydrogen) atoms. The summed E-state index contributed by atoms with van der Waals surface area (Å²) in [6.07, 6.45) is 0. The largest absolute Gasteiger partial charge is 0.508 e. The molecule has 70 valence electrons. The molecule has 2 nitrogen and oxygen atoms in total. The lowest BCUT2D eigenvalue weighted by Gasteiger charge is -2.28. The molecule has 0 aliphatic carbocycles. The molecule has 1 heterocycles. The number of hydrogen-bond donors (Lipinski definition) is 2. The van der Waals surface area contributed by atoms with E-state index < -0.39 is 0 Å². The maximum Gasteiger partial charge on any atom is 0.120 e. The number of phenols is 1. The zero-order valence-corrected chi connectivity index (χ0v) is 8.36. The molecular weight excluding hydrogens is 209 g/mol. The Hall–Kier alpha value is -0.440. The minimum Gasteiger partial charge on any atom is -0.508 e. The van der Waals surface area contributed by atoms with Gasteiger partial charge in [-0.2, -0.15) is 0 Å². The second-order valence-corrected chi connectivity index (χ2v) is 3.99. The molecule has 0 amide bonds. The Morgan fingerprint density at radius 1 is 1.23 bits per heavy atom. The van der Waals surface area contributed by atoms with Crippen molar-refractivity contribution < 1.29 is 5.11 Å². The first-order valence-electron chi connectivity index (χ1n) is 4.07. The summed E-state index contributed by atoms with van der Waals surface area (Å²) in [5, 5.41) is 13.6. The van der Waals surface area contributed by atoms with Crippen LogP contribution in [0, 0.1) is 0 Å². The summed E-state index contributed by atoms with van der Waals surface area (Å²) in [5.74, 6) is 0.607. The molecule has 4 heteroatoms. The molecule has 1 fully saturated rings. The molecule has 0 unspecified atom stereocenters. The van der Waals surface area contributed by atoms with Crippen LogP contribution in [-0.4, -0.2) is 18.2 Å². The van der Waals surface area contributed by atoms with E-state index >= 15 is 0 Å². The summed E-state index contributed by atoms with van der Waals surface area (Å²) in [7, 11) is 0. The van der Waals surface area contributed by atoms with Crippen LogP contribution in [-0.2, 0) is 0 Å². The zero-order chi connectivity index (χ0) is 9.42. The van der Waals surface area contributed by atoms with Crippen LogP contribution in [0.4, 0.5) is 0 Å². The third kappa shape index (κ3) is 1.62. The van der Waals surface area contributed by atoms with Crippen LogP contribution in [0.1, 0.15) is 11.5 Å². The lowest BCUT2D eigenvalue weighted by atomic mass is 9.93. The summed E-state index contributed by atoms with van der Waals surface area (Å²) in [6, 6.07) is 3.24. The number of benzene rings is 1. The molecule has 0 bridgehead atoms. The van der Waals surface area contributed by atoms with Gasteiger partial charge >= 0.3 is 0 Å². The fraction of sp³-hybridized carbons (Fsp3) is 0.333. The molecule has 0 aromatic heterocycles. The Morgan fingerprint density at radius 2 is 1.85 bits per heavy atom. The van der Waals surface area contributed by atoms with Crippen molar-refractivity contribution in [2.45, 2.75) is 5.92 Å². The Balaban J connectivity index is 2.39. The quantitative estimate of drug-likeness (QED) is 0.758. The number of halogens is 2. The number of hydrogen-bond acceptors (Lipinski definition) is 2. The van der Waals surface area contributed by atoms with Crippen LogP contribution in [0.25, 0.3) is 0 Å². The highest BCUT2D eigenvalue weighted by Crippen LogP contribution is 2.35. The van der Waals surface area contributed by atoms with Gasteiger partial charge in [0.2, 0.25) is 0 Å². The smallest absolute Gasteiger partial charge is 0.120 e. The SMILES string of the molecule is Oc1cc(Cl)c(Cl)cc1C1CNC1. The summed E-state index contributed by atoms with van der Waals surface area (Å²) in [5.41, 5.74) is 0.883. The number of rotatable bonds is 1. The summed E-state index contributed by atoms with van der Waals surface area (Å²) >= 11 is 11.6. The van der Waals surface area contributed by atoms with E-state index in [1.165, 1.54) is 6.07 Å². The van der Waals surface area contributed by atoms with Crippen LogP contribution in [0.2, 0.25) is 10.0 Å². The Kier molecular flexibility index (Phi) is 2.37. The van der Waals surface area contributed by atoms with Gasteiger partial charge in [0.15, 0.2) is 0 Å². The van der Waals surface area contributed by atoms with Crippen molar-refractivity contribution >= 4 is 23.2 Å². The van der Waals surface area contributed by atoms with Crippen LogP contribution in [0.15, 0.2) is 12.1 Å².